The molecule has 0 aliphatic heterocycles. The molecule has 0 radical (unpaired) electrons. The van der Waals surface area contributed by atoms with E-state index in [1.54, 1.807) is 0 Å². The van der Waals surface area contributed by atoms with Gasteiger partial charge in [-0.1, -0.05) is 6.07 Å². The van der Waals surface area contributed by atoms with Gasteiger partial charge in [0, 0.05) is 12.2 Å². The monoisotopic (exact) mass is 299 g/mol. The maximum absolute atomic E-state index is 12.8. The van der Waals surface area contributed by atoms with E-state index < -0.39 is 37.9 Å². The van der Waals surface area contributed by atoms with Gasteiger partial charge < -0.3 is 15.1 Å². The lowest BCUT2D eigenvalue weighted by atomic mass is 10.1. The van der Waals surface area contributed by atoms with Crippen molar-refractivity contribution in [3.05, 3.63) is 29.3 Å². The lowest BCUT2D eigenvalue weighted by molar-refractivity contribution is -0.138. The minimum Gasteiger partial charge on any atom is -0.395 e. The third kappa shape index (κ3) is 4.31. The smallest absolute Gasteiger partial charge is 0.395 e. The Balaban J connectivity index is 3.17. The molecule has 0 aliphatic rings. The van der Waals surface area contributed by atoms with Crippen LogP contribution in [-0.4, -0.2) is 36.3 Å². The summed E-state index contributed by atoms with van der Waals surface area (Å²) in [4.78, 5) is 0.959. The fourth-order valence-corrected chi connectivity index (χ4v) is 1.78. The van der Waals surface area contributed by atoms with E-state index in [0.717, 1.165) is 11.0 Å². The molecule has 1 rings (SSSR count). The number of hydrogen-bond acceptors (Lipinski definition) is 3. The van der Waals surface area contributed by atoms with Gasteiger partial charge in [-0.05, 0) is 17.7 Å². The zero-order chi connectivity index (χ0) is 15.3. The van der Waals surface area contributed by atoms with E-state index in [0.29, 0.717) is 6.07 Å². The highest BCUT2D eigenvalue weighted by atomic mass is 19.4. The van der Waals surface area contributed by atoms with Crippen LogP contribution in [0, 0.1) is 0 Å². The van der Waals surface area contributed by atoms with E-state index >= 15 is 0 Å². The molecule has 0 heterocycles. The fourth-order valence-electron chi connectivity index (χ4n) is 1.78. The Labute approximate surface area is 112 Å². The van der Waals surface area contributed by atoms with Crippen LogP contribution in [0.1, 0.15) is 11.1 Å². The van der Waals surface area contributed by atoms with Crippen LogP contribution in [0.25, 0.3) is 0 Å². The number of halogens is 5. The molecule has 114 valence electrons. The molecule has 0 aromatic heterocycles. The minimum absolute atomic E-state index is 0.0797. The van der Waals surface area contributed by atoms with Crippen LogP contribution >= 0.6 is 0 Å². The van der Waals surface area contributed by atoms with E-state index in [1.165, 1.54) is 6.07 Å². The van der Waals surface area contributed by atoms with Crippen molar-refractivity contribution in [3.8, 4) is 0 Å². The molecule has 1 aromatic rings. The van der Waals surface area contributed by atoms with Crippen LogP contribution in [0.15, 0.2) is 18.2 Å². The van der Waals surface area contributed by atoms with Crippen molar-refractivity contribution in [1.29, 1.82) is 0 Å². The largest absolute Gasteiger partial charge is 0.416 e. The summed E-state index contributed by atoms with van der Waals surface area (Å²) in [6.45, 7) is -2.25. The van der Waals surface area contributed by atoms with Crippen molar-refractivity contribution in [3.63, 3.8) is 0 Å². The maximum Gasteiger partial charge on any atom is 0.416 e. The number of aliphatic hydroxyl groups is 2. The Kier molecular flexibility index (Phi) is 5.70. The van der Waals surface area contributed by atoms with E-state index in [4.69, 9.17) is 10.2 Å². The van der Waals surface area contributed by atoms with Gasteiger partial charge in [-0.25, -0.2) is 8.78 Å². The first kappa shape index (κ1) is 16.6. The molecule has 0 unspecified atom stereocenters. The van der Waals surface area contributed by atoms with Gasteiger partial charge in [-0.15, -0.1) is 0 Å². The molecule has 0 fully saturated rings. The predicted octanol–water partition coefficient (Wildman–Crippen LogP) is 2.26. The van der Waals surface area contributed by atoms with Crippen LogP contribution in [0.5, 0.6) is 0 Å². The number of benzene rings is 1. The van der Waals surface area contributed by atoms with Crippen molar-refractivity contribution in [2.24, 2.45) is 0 Å². The van der Waals surface area contributed by atoms with Gasteiger partial charge in [0.05, 0.1) is 25.3 Å². The summed E-state index contributed by atoms with van der Waals surface area (Å²) in [5, 5.41) is 17.7. The van der Waals surface area contributed by atoms with Crippen molar-refractivity contribution in [2.45, 2.75) is 19.2 Å². The van der Waals surface area contributed by atoms with Crippen molar-refractivity contribution >= 4 is 5.69 Å². The highest BCUT2D eigenvalue weighted by Crippen LogP contribution is 2.34. The van der Waals surface area contributed by atoms with Crippen molar-refractivity contribution in [2.75, 3.05) is 24.6 Å². The first-order valence-electron chi connectivity index (χ1n) is 5.74. The number of anilines is 1. The molecule has 0 amide bonds. The van der Waals surface area contributed by atoms with E-state index in [2.05, 4.69) is 0 Å². The van der Waals surface area contributed by atoms with Crippen LogP contribution in [0.2, 0.25) is 0 Å². The molecule has 0 spiro atoms. The molecule has 8 heteroatoms. The quantitative estimate of drug-likeness (QED) is 0.792. The number of aliphatic hydroxyl groups excluding tert-OH is 2. The second-order valence-corrected chi connectivity index (χ2v) is 4.06. The molecule has 3 nitrogen and oxygen atoms in total. The zero-order valence-corrected chi connectivity index (χ0v) is 10.4. The number of rotatable bonds is 6. The molecule has 20 heavy (non-hydrogen) atoms. The van der Waals surface area contributed by atoms with Crippen LogP contribution in [-0.2, 0) is 12.8 Å². The molecule has 1 aromatic carbocycles. The lowest BCUT2D eigenvalue weighted by Gasteiger charge is -2.25. The van der Waals surface area contributed by atoms with Crippen LogP contribution < -0.4 is 4.90 Å². The normalized spacial score (nSPS) is 12.0. The molecule has 0 saturated heterocycles. The molecular weight excluding hydrogens is 285 g/mol. The average Bonchev–Trinajstić information content (AvgIpc) is 2.36. The topological polar surface area (TPSA) is 43.7 Å². The molecular formula is C12H14F5NO2. The Morgan fingerprint density at radius 3 is 2.25 bits per heavy atom. The van der Waals surface area contributed by atoms with Crippen LogP contribution in [0.4, 0.5) is 27.6 Å². The van der Waals surface area contributed by atoms with E-state index in [9.17, 15) is 22.0 Å². The first-order valence-corrected chi connectivity index (χ1v) is 5.74. The molecule has 0 atom stereocenters. The van der Waals surface area contributed by atoms with E-state index in [1.807, 2.05) is 0 Å². The molecule has 0 bridgehead atoms. The summed E-state index contributed by atoms with van der Waals surface area (Å²) >= 11 is 0. The Morgan fingerprint density at radius 1 is 1.15 bits per heavy atom. The maximum atomic E-state index is 12.8. The highest BCUT2D eigenvalue weighted by Gasteiger charge is 2.33. The summed E-state index contributed by atoms with van der Waals surface area (Å²) in [5.41, 5.74) is -1.49. The van der Waals surface area contributed by atoms with Gasteiger partial charge in [-0.2, -0.15) is 13.2 Å². The van der Waals surface area contributed by atoms with Gasteiger partial charge in [0.1, 0.15) is 0 Å². The number of nitrogens with zero attached hydrogens (tertiary/aromatic N) is 1. The summed E-state index contributed by atoms with van der Waals surface area (Å²) < 4.78 is 63.2. The second kappa shape index (κ2) is 6.85. The standard InChI is InChI=1S/C12H14F5NO2/c13-11(14)6-18(3-4-19)9-2-1-8(7-20)10(5-9)12(15,16)17/h1-2,5,11,19-20H,3-4,6-7H2. The number of hydrogen-bond donors (Lipinski definition) is 2. The summed E-state index contributed by atoms with van der Waals surface area (Å²) in [6, 6.07) is 2.94. The Morgan fingerprint density at radius 2 is 1.80 bits per heavy atom. The van der Waals surface area contributed by atoms with Crippen molar-refractivity contribution < 1.29 is 32.2 Å². The van der Waals surface area contributed by atoms with Gasteiger partial charge in [0.15, 0.2) is 0 Å². The van der Waals surface area contributed by atoms with Gasteiger partial charge in [0.25, 0.3) is 6.43 Å². The summed E-state index contributed by atoms with van der Waals surface area (Å²) in [7, 11) is 0. The Hall–Kier alpha value is -1.41. The molecule has 0 saturated carbocycles. The molecule has 2 N–H and O–H groups in total. The van der Waals surface area contributed by atoms with Crippen molar-refractivity contribution in [1.82, 2.24) is 0 Å². The van der Waals surface area contributed by atoms with Crippen LogP contribution in [0.3, 0.4) is 0 Å². The third-order valence-corrected chi connectivity index (χ3v) is 2.66. The predicted molar refractivity (Wildman–Crippen MR) is 62.7 cm³/mol. The van der Waals surface area contributed by atoms with Gasteiger partial charge in [-0.3, -0.25) is 0 Å². The third-order valence-electron chi connectivity index (χ3n) is 2.66. The lowest BCUT2D eigenvalue weighted by Crippen LogP contribution is -2.31. The Bertz CT molecular complexity index is 436. The average molecular weight is 299 g/mol. The SMILES string of the molecule is OCCN(CC(F)F)c1ccc(CO)c(C(F)(F)F)c1. The second-order valence-electron chi connectivity index (χ2n) is 4.06. The summed E-state index contributed by atoms with van der Waals surface area (Å²) in [5.74, 6) is 0. The molecule has 0 aliphatic carbocycles. The number of alkyl halides is 5. The summed E-state index contributed by atoms with van der Waals surface area (Å²) in [6.07, 6.45) is -7.43. The van der Waals surface area contributed by atoms with Gasteiger partial charge >= 0.3 is 6.18 Å². The van der Waals surface area contributed by atoms with Gasteiger partial charge in [0.2, 0.25) is 0 Å². The minimum atomic E-state index is -4.69. The zero-order valence-electron chi connectivity index (χ0n) is 10.4. The highest BCUT2D eigenvalue weighted by molar-refractivity contribution is 5.52. The first-order chi connectivity index (χ1) is 9.29. The van der Waals surface area contributed by atoms with E-state index in [-0.39, 0.29) is 17.8 Å². The fraction of sp³-hybridized carbons (Fsp3) is 0.500.